The second-order valence-corrected chi connectivity index (χ2v) is 2.92. The minimum absolute atomic E-state index is 1.84. The van der Waals surface area contributed by atoms with Gasteiger partial charge >= 0.3 is 36.5 Å². The van der Waals surface area contributed by atoms with Gasteiger partial charge in [-0.05, 0) is 0 Å². The van der Waals surface area contributed by atoms with Gasteiger partial charge in [0.15, 0.2) is 0 Å². The molecule has 0 amide bonds. The summed E-state index contributed by atoms with van der Waals surface area (Å²) >= 11 is 0. The normalized spacial score (nSPS) is 14.9. The van der Waals surface area contributed by atoms with E-state index in [2.05, 4.69) is 0 Å². The van der Waals surface area contributed by atoms with Crippen molar-refractivity contribution in [2.24, 2.45) is 0 Å². The Morgan fingerprint density at radius 3 is 1.53 bits per heavy atom. The van der Waals surface area contributed by atoms with E-state index in [4.69, 9.17) is 5.11 Å². The average Bonchev–Trinajstić information content (AvgIpc) is 2.14. The molecule has 0 rings (SSSR count). The average molecular weight is 312 g/mol. The van der Waals surface area contributed by atoms with Crippen molar-refractivity contribution < 1.29 is 58.5 Å². The maximum absolute atomic E-state index is 12.5. The molecule has 0 fully saturated rings. The van der Waals surface area contributed by atoms with Crippen molar-refractivity contribution in [1.29, 1.82) is 0 Å². The molecule has 0 aliphatic heterocycles. The summed E-state index contributed by atoms with van der Waals surface area (Å²) in [5, 5.41) is 7.59. The zero-order valence-corrected chi connectivity index (χ0v) is 8.12. The van der Waals surface area contributed by atoms with Gasteiger partial charge in [-0.25, -0.2) is 4.79 Å². The molecule has 3 nitrogen and oxygen atoms in total. The molecule has 1 N–H and O–H groups in total. The van der Waals surface area contributed by atoms with Crippen molar-refractivity contribution in [2.45, 2.75) is 30.5 Å². The van der Waals surface area contributed by atoms with E-state index in [1.165, 1.54) is 0 Å². The molecule has 0 aromatic carbocycles. The number of rotatable bonds is 6. The highest BCUT2D eigenvalue weighted by molar-refractivity contribution is 5.77. The molecule has 13 heteroatoms. The first kappa shape index (κ1) is 17.7. The van der Waals surface area contributed by atoms with Gasteiger partial charge in [0.05, 0.1) is 0 Å². The van der Waals surface area contributed by atoms with Crippen LogP contribution >= 0.6 is 0 Å². The van der Waals surface area contributed by atoms with Crippen LogP contribution in [0.3, 0.4) is 0 Å². The second-order valence-electron chi connectivity index (χ2n) is 2.92. The Hall–Kier alpha value is -1.27. The van der Waals surface area contributed by atoms with Crippen LogP contribution < -0.4 is 0 Å². The first-order valence-corrected chi connectivity index (χ1v) is 3.82. The highest BCUT2D eigenvalue weighted by Gasteiger charge is 2.84. The van der Waals surface area contributed by atoms with Crippen LogP contribution in [0.1, 0.15) is 0 Å². The molecule has 0 saturated heterocycles. The zero-order valence-electron chi connectivity index (χ0n) is 8.12. The van der Waals surface area contributed by atoms with Crippen LogP contribution in [0.4, 0.5) is 43.9 Å². The smallest absolute Gasteiger partial charge is 0.430 e. The fourth-order valence-corrected chi connectivity index (χ4v) is 0.700. The lowest BCUT2D eigenvalue weighted by atomic mass is 10.0. The highest BCUT2D eigenvalue weighted by atomic mass is 19.4. The van der Waals surface area contributed by atoms with Crippen molar-refractivity contribution in [3.63, 3.8) is 0 Å². The SMILES string of the molecule is O=C(O)C(F)(F)C(F)(F)C(F)(F)C(F)(F)OC(F)F. The van der Waals surface area contributed by atoms with E-state index < -0.39 is 36.5 Å². The van der Waals surface area contributed by atoms with Crippen molar-refractivity contribution in [3.8, 4) is 0 Å². The van der Waals surface area contributed by atoms with Gasteiger partial charge in [0, 0.05) is 0 Å². The number of halogens is 10. The third kappa shape index (κ3) is 2.69. The number of aliphatic carboxylic acids is 1. The maximum atomic E-state index is 12.5. The number of carbonyl (C=O) groups is 1. The summed E-state index contributed by atoms with van der Waals surface area (Å²) in [7, 11) is 0. The molecule has 0 radical (unpaired) electrons. The van der Waals surface area contributed by atoms with Gasteiger partial charge in [-0.2, -0.15) is 43.9 Å². The monoisotopic (exact) mass is 312 g/mol. The minimum atomic E-state index is -7.21. The maximum Gasteiger partial charge on any atom is 0.430 e. The largest absolute Gasteiger partial charge is 0.477 e. The van der Waals surface area contributed by atoms with Gasteiger partial charge in [-0.1, -0.05) is 0 Å². The van der Waals surface area contributed by atoms with Gasteiger partial charge < -0.3 is 5.11 Å². The topological polar surface area (TPSA) is 46.5 Å². The van der Waals surface area contributed by atoms with Crippen LogP contribution in [-0.4, -0.2) is 41.6 Å². The van der Waals surface area contributed by atoms with Crippen LogP contribution in [0.2, 0.25) is 0 Å². The number of carboxylic acid groups (broad SMARTS) is 1. The van der Waals surface area contributed by atoms with Crippen LogP contribution in [0, 0.1) is 0 Å². The molecule has 19 heavy (non-hydrogen) atoms. The van der Waals surface area contributed by atoms with Crippen molar-refractivity contribution in [2.75, 3.05) is 0 Å². The number of carboxylic acids is 1. The lowest BCUT2D eigenvalue weighted by molar-refractivity contribution is -0.447. The Balaban J connectivity index is 5.69. The van der Waals surface area contributed by atoms with Crippen molar-refractivity contribution in [1.82, 2.24) is 0 Å². The summed E-state index contributed by atoms with van der Waals surface area (Å²) < 4.78 is 124. The van der Waals surface area contributed by atoms with Gasteiger partial charge in [-0.3, -0.25) is 4.74 Å². The quantitative estimate of drug-likeness (QED) is 0.767. The fraction of sp³-hybridized carbons (Fsp3) is 0.833. The van der Waals surface area contributed by atoms with E-state index in [1.807, 2.05) is 4.74 Å². The third-order valence-corrected chi connectivity index (χ3v) is 1.66. The minimum Gasteiger partial charge on any atom is -0.477 e. The molecule has 0 heterocycles. The molecule has 0 aliphatic rings. The van der Waals surface area contributed by atoms with Gasteiger partial charge in [-0.15, -0.1) is 0 Å². The van der Waals surface area contributed by atoms with Crippen LogP contribution in [0.25, 0.3) is 0 Å². The Kier molecular flexibility index (Phi) is 4.37. The third-order valence-electron chi connectivity index (χ3n) is 1.66. The molecule has 0 atom stereocenters. The molecule has 0 bridgehead atoms. The first-order valence-electron chi connectivity index (χ1n) is 3.82. The van der Waals surface area contributed by atoms with Crippen LogP contribution in [0.15, 0.2) is 0 Å². The Bertz CT molecular complexity index is 351. The Morgan fingerprint density at radius 2 is 1.26 bits per heavy atom. The van der Waals surface area contributed by atoms with E-state index in [0.717, 1.165) is 0 Å². The van der Waals surface area contributed by atoms with E-state index in [9.17, 15) is 48.7 Å². The molecule has 0 spiro atoms. The molecule has 0 aliphatic carbocycles. The Labute approximate surface area is 96.3 Å². The standard InChI is InChI=1S/C6H2F10O3/c7-2(8)19-6(15,16)5(13,14)4(11,12)3(9,10)1(17)18/h2H,(H,17,18). The molecule has 0 unspecified atom stereocenters. The molecular weight excluding hydrogens is 310 g/mol. The lowest BCUT2D eigenvalue weighted by Gasteiger charge is -2.34. The van der Waals surface area contributed by atoms with E-state index in [0.29, 0.717) is 0 Å². The Morgan fingerprint density at radius 1 is 0.895 bits per heavy atom. The van der Waals surface area contributed by atoms with E-state index in [1.54, 1.807) is 0 Å². The lowest BCUT2D eigenvalue weighted by Crippen LogP contribution is -2.65. The number of alkyl halides is 10. The van der Waals surface area contributed by atoms with Gasteiger partial charge in [0.1, 0.15) is 0 Å². The van der Waals surface area contributed by atoms with Crippen molar-refractivity contribution >= 4 is 5.97 Å². The second kappa shape index (κ2) is 4.68. The predicted octanol–water partition coefficient (Wildman–Crippen LogP) is 2.81. The molecule has 0 aromatic rings. The van der Waals surface area contributed by atoms with E-state index >= 15 is 0 Å². The predicted molar refractivity (Wildman–Crippen MR) is 34.5 cm³/mol. The summed E-state index contributed by atoms with van der Waals surface area (Å²) in [6.45, 7) is -4.70. The molecular formula is C6H2F10O3. The molecule has 114 valence electrons. The van der Waals surface area contributed by atoms with Crippen molar-refractivity contribution in [3.05, 3.63) is 0 Å². The van der Waals surface area contributed by atoms with Gasteiger partial charge in [0.2, 0.25) is 0 Å². The fourth-order valence-electron chi connectivity index (χ4n) is 0.700. The summed E-state index contributed by atoms with van der Waals surface area (Å²) in [6, 6.07) is 0. The summed E-state index contributed by atoms with van der Waals surface area (Å²) in [5.41, 5.74) is 0. The number of hydrogen-bond donors (Lipinski definition) is 1. The van der Waals surface area contributed by atoms with Crippen LogP contribution in [0.5, 0.6) is 0 Å². The summed E-state index contributed by atoms with van der Waals surface area (Å²) in [6.07, 6.45) is -6.73. The molecule has 0 aromatic heterocycles. The molecule has 0 saturated carbocycles. The van der Waals surface area contributed by atoms with Gasteiger partial charge in [0.25, 0.3) is 0 Å². The number of hydrogen-bond acceptors (Lipinski definition) is 2. The van der Waals surface area contributed by atoms with Crippen LogP contribution in [-0.2, 0) is 9.53 Å². The zero-order chi connectivity index (χ0) is 15.9. The summed E-state index contributed by atoms with van der Waals surface area (Å²) in [4.78, 5) is 9.67. The number of ether oxygens (including phenoxy) is 1. The summed E-state index contributed by atoms with van der Waals surface area (Å²) in [5.74, 6) is -24.9. The first-order chi connectivity index (χ1) is 8.11. The highest BCUT2D eigenvalue weighted by Crippen LogP contribution is 2.53. The van der Waals surface area contributed by atoms with E-state index in [-0.39, 0.29) is 0 Å².